The van der Waals surface area contributed by atoms with Crippen LogP contribution in [-0.2, 0) is 11.3 Å². The van der Waals surface area contributed by atoms with E-state index in [4.69, 9.17) is 0 Å². The molecule has 9 heteroatoms. The molecule has 25 heavy (non-hydrogen) atoms. The summed E-state index contributed by atoms with van der Waals surface area (Å²) in [6, 6.07) is 1.97. The molecule has 136 valence electrons. The van der Waals surface area contributed by atoms with E-state index < -0.39 is 24.9 Å². The van der Waals surface area contributed by atoms with Gasteiger partial charge in [-0.15, -0.1) is 5.10 Å². The zero-order valence-electron chi connectivity index (χ0n) is 13.6. The van der Waals surface area contributed by atoms with Crippen molar-refractivity contribution in [2.45, 2.75) is 38.4 Å². The number of alkyl halides is 3. The van der Waals surface area contributed by atoms with Crippen LogP contribution in [0.1, 0.15) is 25.7 Å². The van der Waals surface area contributed by atoms with Crippen LogP contribution < -0.4 is 0 Å². The first kappa shape index (κ1) is 17.9. The van der Waals surface area contributed by atoms with Crippen LogP contribution in [0.15, 0.2) is 23.0 Å². The first-order chi connectivity index (χ1) is 11.9. The smallest absolute Gasteiger partial charge is 0.342 e. The summed E-state index contributed by atoms with van der Waals surface area (Å²) in [6.45, 7) is 1.62. The van der Waals surface area contributed by atoms with Gasteiger partial charge < -0.3 is 4.90 Å². The molecular weight excluding hydrogens is 353 g/mol. The zero-order valence-corrected chi connectivity index (χ0v) is 14.4. The minimum atomic E-state index is -4.29. The van der Waals surface area contributed by atoms with Crippen molar-refractivity contribution in [2.24, 2.45) is 5.92 Å². The fourth-order valence-electron chi connectivity index (χ4n) is 3.04. The Morgan fingerprint density at radius 3 is 2.96 bits per heavy atom. The Bertz CT molecular complexity index is 699. The average Bonchev–Trinajstić information content (AvgIpc) is 3.23. The second-order valence-corrected chi connectivity index (χ2v) is 7.08. The van der Waals surface area contributed by atoms with Crippen molar-refractivity contribution >= 4 is 17.2 Å². The summed E-state index contributed by atoms with van der Waals surface area (Å²) < 4.78 is 38.6. The third-order valence-electron chi connectivity index (χ3n) is 4.29. The lowest BCUT2D eigenvalue weighted by Gasteiger charge is -2.32. The Kier molecular flexibility index (Phi) is 5.41. The number of likely N-dealkylation sites (tertiary alicyclic amines) is 1. The first-order valence-electron chi connectivity index (χ1n) is 8.18. The van der Waals surface area contributed by atoms with E-state index in [-0.39, 0.29) is 5.92 Å². The number of halogens is 3. The van der Waals surface area contributed by atoms with Crippen LogP contribution in [0.4, 0.5) is 13.2 Å². The zero-order chi connectivity index (χ0) is 17.9. The lowest BCUT2D eigenvalue weighted by Crippen LogP contribution is -2.41. The number of carbonyl (C=O) groups is 1. The molecule has 1 aliphatic heterocycles. The average molecular weight is 372 g/mol. The summed E-state index contributed by atoms with van der Waals surface area (Å²) in [7, 11) is 0. The molecule has 1 saturated heterocycles. The normalized spacial score (nSPS) is 18.5. The van der Waals surface area contributed by atoms with E-state index in [2.05, 4.69) is 10.3 Å². The third kappa shape index (κ3) is 5.04. The first-order valence-corrected chi connectivity index (χ1v) is 9.12. The van der Waals surface area contributed by atoms with Gasteiger partial charge in [-0.25, -0.2) is 0 Å². The highest BCUT2D eigenvalue weighted by Gasteiger charge is 2.30. The standard InChI is InChI=1S/C16H19F3N4OS/c17-16(18,19)5-3-15(24)22-6-1-2-12(8-22)9-23-10-14(20-21-23)13-4-7-25-11-13/h4,7,10-12H,1-3,5-6,8-9H2/t12-/m0/s1. The molecule has 3 heterocycles. The summed E-state index contributed by atoms with van der Waals surface area (Å²) in [4.78, 5) is 13.5. The van der Waals surface area contributed by atoms with Crippen LogP contribution in [-0.4, -0.2) is 45.1 Å². The second-order valence-electron chi connectivity index (χ2n) is 6.30. The molecule has 0 aliphatic carbocycles. The van der Waals surface area contributed by atoms with Crippen molar-refractivity contribution in [3.05, 3.63) is 23.0 Å². The van der Waals surface area contributed by atoms with Crippen LogP contribution >= 0.6 is 11.3 Å². The maximum absolute atomic E-state index is 12.3. The quantitative estimate of drug-likeness (QED) is 0.806. The molecule has 0 radical (unpaired) electrons. The molecule has 0 unspecified atom stereocenters. The Morgan fingerprint density at radius 1 is 1.40 bits per heavy atom. The van der Waals surface area contributed by atoms with Gasteiger partial charge in [0, 0.05) is 37.0 Å². The summed E-state index contributed by atoms with van der Waals surface area (Å²) in [6.07, 6.45) is -2.22. The number of hydrogen-bond acceptors (Lipinski definition) is 4. The van der Waals surface area contributed by atoms with Crippen molar-refractivity contribution in [1.29, 1.82) is 0 Å². The van der Waals surface area contributed by atoms with Crippen molar-refractivity contribution < 1.29 is 18.0 Å². The number of hydrogen-bond donors (Lipinski definition) is 0. The predicted molar refractivity (Wildman–Crippen MR) is 87.9 cm³/mol. The van der Waals surface area contributed by atoms with E-state index in [1.165, 1.54) is 0 Å². The number of nitrogens with zero attached hydrogens (tertiary/aromatic N) is 4. The van der Waals surface area contributed by atoms with Crippen LogP contribution in [0.3, 0.4) is 0 Å². The number of carbonyl (C=O) groups excluding carboxylic acids is 1. The fourth-order valence-corrected chi connectivity index (χ4v) is 3.69. The van der Waals surface area contributed by atoms with Gasteiger partial charge in [0.15, 0.2) is 0 Å². The van der Waals surface area contributed by atoms with E-state index in [1.54, 1.807) is 20.9 Å². The molecule has 1 atom stereocenters. The van der Waals surface area contributed by atoms with E-state index >= 15 is 0 Å². The number of piperidine rings is 1. The molecule has 1 aliphatic rings. The highest BCUT2D eigenvalue weighted by molar-refractivity contribution is 7.08. The highest BCUT2D eigenvalue weighted by Crippen LogP contribution is 2.24. The Hall–Kier alpha value is -1.90. The van der Waals surface area contributed by atoms with E-state index in [9.17, 15) is 18.0 Å². The fraction of sp³-hybridized carbons (Fsp3) is 0.562. The van der Waals surface area contributed by atoms with E-state index in [0.717, 1.165) is 24.1 Å². The summed E-state index contributed by atoms with van der Waals surface area (Å²) >= 11 is 1.59. The maximum atomic E-state index is 12.3. The van der Waals surface area contributed by atoms with E-state index in [1.807, 2.05) is 23.0 Å². The second kappa shape index (κ2) is 7.55. The molecule has 1 fully saturated rings. The Balaban J connectivity index is 1.54. The number of thiophene rings is 1. The lowest BCUT2D eigenvalue weighted by atomic mass is 9.97. The van der Waals surface area contributed by atoms with Crippen LogP contribution in [0.2, 0.25) is 0 Å². The molecular formula is C16H19F3N4OS. The number of aromatic nitrogens is 3. The van der Waals surface area contributed by atoms with Gasteiger partial charge >= 0.3 is 6.18 Å². The van der Waals surface area contributed by atoms with Crippen LogP contribution in [0.25, 0.3) is 11.3 Å². The van der Waals surface area contributed by atoms with Gasteiger partial charge in [-0.2, -0.15) is 24.5 Å². The van der Waals surface area contributed by atoms with Crippen molar-refractivity contribution in [2.75, 3.05) is 13.1 Å². The molecule has 0 saturated carbocycles. The Labute approximate surface area is 147 Å². The number of rotatable bonds is 5. The molecule has 0 bridgehead atoms. The minimum Gasteiger partial charge on any atom is -0.342 e. The maximum Gasteiger partial charge on any atom is 0.389 e. The van der Waals surface area contributed by atoms with Gasteiger partial charge in [0.2, 0.25) is 5.91 Å². The molecule has 1 amide bonds. The third-order valence-corrected chi connectivity index (χ3v) is 4.98. The molecule has 2 aromatic heterocycles. The van der Waals surface area contributed by atoms with E-state index in [0.29, 0.717) is 19.6 Å². The molecule has 2 aromatic rings. The molecule has 5 nitrogen and oxygen atoms in total. The molecule has 0 N–H and O–H groups in total. The predicted octanol–water partition coefficient (Wildman–Crippen LogP) is 3.59. The SMILES string of the molecule is O=C(CCC(F)(F)F)N1CCC[C@H](Cn2cc(-c3ccsc3)nn2)C1. The molecule has 0 spiro atoms. The number of amides is 1. The summed E-state index contributed by atoms with van der Waals surface area (Å²) in [5, 5.41) is 12.2. The van der Waals surface area contributed by atoms with Gasteiger partial charge in [0.05, 0.1) is 12.6 Å². The monoisotopic (exact) mass is 372 g/mol. The van der Waals surface area contributed by atoms with Gasteiger partial charge in [-0.3, -0.25) is 9.48 Å². The highest BCUT2D eigenvalue weighted by atomic mass is 32.1. The van der Waals surface area contributed by atoms with Crippen molar-refractivity contribution in [3.63, 3.8) is 0 Å². The van der Waals surface area contributed by atoms with Gasteiger partial charge in [0.1, 0.15) is 5.69 Å². The van der Waals surface area contributed by atoms with Crippen LogP contribution in [0, 0.1) is 5.92 Å². The van der Waals surface area contributed by atoms with Gasteiger partial charge in [-0.1, -0.05) is 5.21 Å². The minimum absolute atomic E-state index is 0.181. The largest absolute Gasteiger partial charge is 0.389 e. The summed E-state index contributed by atoms with van der Waals surface area (Å²) in [5.41, 5.74) is 1.82. The molecule has 0 aromatic carbocycles. The van der Waals surface area contributed by atoms with Gasteiger partial charge in [0.25, 0.3) is 0 Å². The lowest BCUT2D eigenvalue weighted by molar-refractivity contribution is -0.150. The molecule has 3 rings (SSSR count). The topological polar surface area (TPSA) is 51.0 Å². The van der Waals surface area contributed by atoms with Crippen molar-refractivity contribution in [3.8, 4) is 11.3 Å². The Morgan fingerprint density at radius 2 is 2.24 bits per heavy atom. The van der Waals surface area contributed by atoms with Crippen molar-refractivity contribution in [1.82, 2.24) is 19.9 Å². The van der Waals surface area contributed by atoms with Gasteiger partial charge in [-0.05, 0) is 30.2 Å². The van der Waals surface area contributed by atoms with Crippen LogP contribution in [0.5, 0.6) is 0 Å². The summed E-state index contributed by atoms with van der Waals surface area (Å²) in [5.74, 6) is -0.236.